The molecular formula is C19H24ClFO. The number of allylic oxidation sites excluding steroid dienone is 4. The number of ether oxygens (including phenoxy) is 1. The fourth-order valence-electron chi connectivity index (χ4n) is 2.96. The van der Waals surface area contributed by atoms with E-state index in [1.54, 1.807) is 19.2 Å². The summed E-state index contributed by atoms with van der Waals surface area (Å²) in [6.07, 6.45) is 3.93. The van der Waals surface area contributed by atoms with Gasteiger partial charge >= 0.3 is 0 Å². The predicted molar refractivity (Wildman–Crippen MR) is 91.9 cm³/mol. The fraction of sp³-hybridized carbons (Fsp3) is 0.474. The highest BCUT2D eigenvalue weighted by Gasteiger charge is 2.23. The summed E-state index contributed by atoms with van der Waals surface area (Å²) in [5, 5.41) is 0. The third kappa shape index (κ3) is 3.73. The molecule has 0 aliphatic heterocycles. The van der Waals surface area contributed by atoms with Gasteiger partial charge in [0, 0.05) is 11.4 Å². The molecule has 0 spiro atoms. The monoisotopic (exact) mass is 322 g/mol. The molecule has 1 nitrogen and oxygen atoms in total. The van der Waals surface area contributed by atoms with Crippen molar-refractivity contribution in [2.45, 2.75) is 33.6 Å². The second-order valence-corrected chi connectivity index (χ2v) is 6.67. The summed E-state index contributed by atoms with van der Waals surface area (Å²) in [6.45, 7) is 6.51. The summed E-state index contributed by atoms with van der Waals surface area (Å²) >= 11 is 6.06. The van der Waals surface area contributed by atoms with Crippen LogP contribution in [-0.2, 0) is 0 Å². The molecule has 120 valence electrons. The number of halogens is 2. The zero-order chi connectivity index (χ0) is 16.3. The van der Waals surface area contributed by atoms with Crippen LogP contribution in [0.1, 0.15) is 39.2 Å². The molecule has 0 saturated carbocycles. The molecule has 1 aliphatic rings. The molecule has 1 aromatic carbocycles. The van der Waals surface area contributed by atoms with E-state index in [0.717, 1.165) is 18.4 Å². The Kier molecular flexibility index (Phi) is 5.69. The molecule has 0 bridgehead atoms. The van der Waals surface area contributed by atoms with E-state index in [4.69, 9.17) is 16.3 Å². The van der Waals surface area contributed by atoms with Gasteiger partial charge in [0.25, 0.3) is 0 Å². The standard InChI is InChI=1S/C19H24ClFO/c1-12(2)7-14-9-15(11-20)13(3)8-17(14)18-10-16(22-4)5-6-19(18)21/h5-6,9-10,12-13H,7-8,11H2,1-4H3. The number of methoxy groups -OCH3 is 1. The van der Waals surface area contributed by atoms with Crippen LogP contribution >= 0.6 is 11.6 Å². The lowest BCUT2D eigenvalue weighted by atomic mass is 9.80. The number of rotatable bonds is 5. The molecule has 0 heterocycles. The van der Waals surface area contributed by atoms with Crippen LogP contribution in [0.5, 0.6) is 5.75 Å². The van der Waals surface area contributed by atoms with Crippen molar-refractivity contribution in [2.75, 3.05) is 13.0 Å². The van der Waals surface area contributed by atoms with E-state index in [2.05, 4.69) is 26.8 Å². The lowest BCUT2D eigenvalue weighted by Crippen LogP contribution is -2.11. The molecule has 1 atom stereocenters. The van der Waals surface area contributed by atoms with Gasteiger partial charge in [-0.05, 0) is 54.0 Å². The normalized spacial score (nSPS) is 18.7. The summed E-state index contributed by atoms with van der Waals surface area (Å²) in [4.78, 5) is 0. The zero-order valence-corrected chi connectivity index (χ0v) is 14.5. The fourth-order valence-corrected chi connectivity index (χ4v) is 3.30. The van der Waals surface area contributed by atoms with Crippen LogP contribution in [0, 0.1) is 17.7 Å². The Morgan fingerprint density at radius 2 is 2.09 bits per heavy atom. The molecule has 3 heteroatoms. The van der Waals surface area contributed by atoms with E-state index in [0.29, 0.717) is 29.0 Å². The lowest BCUT2D eigenvalue weighted by Gasteiger charge is -2.26. The van der Waals surface area contributed by atoms with E-state index >= 15 is 0 Å². The molecule has 0 N–H and O–H groups in total. The second kappa shape index (κ2) is 7.32. The van der Waals surface area contributed by atoms with E-state index in [1.165, 1.54) is 17.2 Å². The summed E-state index contributed by atoms with van der Waals surface area (Å²) in [6, 6.07) is 4.95. The molecule has 0 amide bonds. The van der Waals surface area contributed by atoms with Gasteiger partial charge in [-0.15, -0.1) is 11.6 Å². The molecular weight excluding hydrogens is 299 g/mol. The number of benzene rings is 1. The smallest absolute Gasteiger partial charge is 0.130 e. The first-order chi connectivity index (χ1) is 10.5. The van der Waals surface area contributed by atoms with E-state index < -0.39 is 0 Å². The van der Waals surface area contributed by atoms with Crippen molar-refractivity contribution in [3.63, 3.8) is 0 Å². The Balaban J connectivity index is 2.56. The highest BCUT2D eigenvalue weighted by Crippen LogP contribution is 2.39. The minimum atomic E-state index is -0.188. The first-order valence-corrected chi connectivity index (χ1v) is 8.32. The minimum absolute atomic E-state index is 0.188. The van der Waals surface area contributed by atoms with Crippen LogP contribution < -0.4 is 4.74 Å². The van der Waals surface area contributed by atoms with Crippen LogP contribution in [-0.4, -0.2) is 13.0 Å². The molecule has 1 aliphatic carbocycles. The molecule has 22 heavy (non-hydrogen) atoms. The topological polar surface area (TPSA) is 9.23 Å². The van der Waals surface area contributed by atoms with Gasteiger partial charge in [0.2, 0.25) is 0 Å². The third-order valence-corrected chi connectivity index (χ3v) is 4.48. The summed E-state index contributed by atoms with van der Waals surface area (Å²) in [7, 11) is 1.61. The SMILES string of the molecule is COc1ccc(F)c(C2=C(CC(C)C)C=C(CCl)C(C)C2)c1. The van der Waals surface area contributed by atoms with Crippen LogP contribution in [0.4, 0.5) is 4.39 Å². The van der Waals surface area contributed by atoms with Crippen molar-refractivity contribution in [2.24, 2.45) is 11.8 Å². The van der Waals surface area contributed by atoms with Gasteiger partial charge in [-0.3, -0.25) is 0 Å². The first kappa shape index (κ1) is 17.1. The molecule has 0 aromatic heterocycles. The Bertz CT molecular complexity index is 601. The van der Waals surface area contributed by atoms with E-state index in [9.17, 15) is 4.39 Å². The summed E-state index contributed by atoms with van der Waals surface area (Å²) in [5.41, 5.74) is 4.19. The molecule has 0 saturated heterocycles. The summed E-state index contributed by atoms with van der Waals surface area (Å²) in [5.74, 6) is 1.89. The van der Waals surface area contributed by atoms with Crippen LogP contribution in [0.2, 0.25) is 0 Å². The lowest BCUT2D eigenvalue weighted by molar-refractivity contribution is 0.413. The average Bonchev–Trinajstić information content (AvgIpc) is 2.49. The molecule has 2 rings (SSSR count). The van der Waals surface area contributed by atoms with Gasteiger partial charge in [-0.25, -0.2) is 4.39 Å². The Hall–Kier alpha value is -1.28. The van der Waals surface area contributed by atoms with Crippen LogP contribution in [0.15, 0.2) is 35.4 Å². The number of hydrogen-bond donors (Lipinski definition) is 0. The van der Waals surface area contributed by atoms with Crippen molar-refractivity contribution in [1.82, 2.24) is 0 Å². The van der Waals surface area contributed by atoms with Crippen molar-refractivity contribution >= 4 is 17.2 Å². The molecule has 1 unspecified atom stereocenters. The maximum atomic E-state index is 14.4. The van der Waals surface area contributed by atoms with Crippen molar-refractivity contribution in [3.05, 3.63) is 46.8 Å². The quantitative estimate of drug-likeness (QED) is 0.619. The Labute approximate surface area is 137 Å². The average molecular weight is 323 g/mol. The van der Waals surface area contributed by atoms with Crippen LogP contribution in [0.25, 0.3) is 5.57 Å². The largest absolute Gasteiger partial charge is 0.497 e. The van der Waals surface area contributed by atoms with Gasteiger partial charge in [0.15, 0.2) is 0 Å². The second-order valence-electron chi connectivity index (χ2n) is 6.41. The van der Waals surface area contributed by atoms with E-state index in [-0.39, 0.29) is 5.82 Å². The predicted octanol–water partition coefficient (Wildman–Crippen LogP) is 5.84. The first-order valence-electron chi connectivity index (χ1n) is 7.78. The van der Waals surface area contributed by atoms with E-state index in [1.807, 2.05) is 0 Å². The number of alkyl halides is 1. The van der Waals surface area contributed by atoms with Crippen molar-refractivity contribution < 1.29 is 9.13 Å². The van der Waals surface area contributed by atoms with Crippen molar-refractivity contribution in [1.29, 1.82) is 0 Å². The van der Waals surface area contributed by atoms with Gasteiger partial charge in [-0.1, -0.05) is 32.4 Å². The van der Waals surface area contributed by atoms with Gasteiger partial charge < -0.3 is 4.74 Å². The summed E-state index contributed by atoms with van der Waals surface area (Å²) < 4.78 is 19.6. The minimum Gasteiger partial charge on any atom is -0.497 e. The van der Waals surface area contributed by atoms with Gasteiger partial charge in [0.05, 0.1) is 7.11 Å². The van der Waals surface area contributed by atoms with Crippen LogP contribution in [0.3, 0.4) is 0 Å². The maximum absolute atomic E-state index is 14.4. The van der Waals surface area contributed by atoms with Gasteiger partial charge in [-0.2, -0.15) is 0 Å². The molecule has 0 fully saturated rings. The van der Waals surface area contributed by atoms with Gasteiger partial charge in [0.1, 0.15) is 11.6 Å². The maximum Gasteiger partial charge on any atom is 0.130 e. The molecule has 1 aromatic rings. The highest BCUT2D eigenvalue weighted by atomic mass is 35.5. The Morgan fingerprint density at radius 1 is 1.36 bits per heavy atom. The third-order valence-electron chi connectivity index (χ3n) is 4.17. The number of hydrogen-bond acceptors (Lipinski definition) is 1. The zero-order valence-electron chi connectivity index (χ0n) is 13.7. The Morgan fingerprint density at radius 3 is 2.68 bits per heavy atom. The van der Waals surface area contributed by atoms with Crippen molar-refractivity contribution in [3.8, 4) is 5.75 Å². The molecule has 0 radical (unpaired) electrons. The highest BCUT2D eigenvalue weighted by molar-refractivity contribution is 6.19.